The van der Waals surface area contributed by atoms with E-state index < -0.39 is 5.41 Å². The molecule has 0 aromatic carbocycles. The molecule has 1 aliphatic rings. The zero-order valence-corrected chi connectivity index (χ0v) is 11.9. The number of oxime groups is 1. The van der Waals surface area contributed by atoms with Gasteiger partial charge in [0, 0.05) is 26.3 Å². The minimum Gasteiger partial charge on any atom is -0.409 e. The molecule has 0 aromatic heterocycles. The molecule has 1 rings (SSSR count). The first-order chi connectivity index (χ1) is 9.12. The molecule has 110 valence electrons. The van der Waals surface area contributed by atoms with E-state index in [0.29, 0.717) is 39.1 Å². The van der Waals surface area contributed by atoms with Crippen LogP contribution in [0.15, 0.2) is 5.16 Å². The highest BCUT2D eigenvalue weighted by Gasteiger charge is 2.46. The van der Waals surface area contributed by atoms with Gasteiger partial charge in [0.25, 0.3) is 0 Å². The Bertz CT molecular complexity index is 319. The summed E-state index contributed by atoms with van der Waals surface area (Å²) >= 11 is 0. The molecule has 1 fully saturated rings. The van der Waals surface area contributed by atoms with Gasteiger partial charge >= 0.3 is 0 Å². The molecular formula is C13H25N3O3. The van der Waals surface area contributed by atoms with Gasteiger partial charge in [0.15, 0.2) is 5.84 Å². The smallest absolute Gasteiger partial charge is 0.236 e. The van der Waals surface area contributed by atoms with E-state index in [4.69, 9.17) is 15.7 Å². The fourth-order valence-electron chi connectivity index (χ4n) is 2.55. The fraction of sp³-hybridized carbons (Fsp3) is 0.846. The number of amides is 1. The second-order valence-electron chi connectivity index (χ2n) is 4.97. The Labute approximate surface area is 114 Å². The Morgan fingerprint density at radius 3 is 2.26 bits per heavy atom. The van der Waals surface area contributed by atoms with Crippen LogP contribution in [0.3, 0.4) is 0 Å². The van der Waals surface area contributed by atoms with Gasteiger partial charge in [-0.15, -0.1) is 0 Å². The van der Waals surface area contributed by atoms with Crippen LogP contribution >= 0.6 is 0 Å². The zero-order valence-electron chi connectivity index (χ0n) is 11.9. The molecule has 0 spiro atoms. The molecule has 1 saturated heterocycles. The van der Waals surface area contributed by atoms with E-state index >= 15 is 0 Å². The van der Waals surface area contributed by atoms with Crippen LogP contribution in [0.4, 0.5) is 0 Å². The van der Waals surface area contributed by atoms with E-state index in [1.807, 2.05) is 18.7 Å². The molecule has 0 radical (unpaired) electrons. The molecule has 1 aliphatic heterocycles. The van der Waals surface area contributed by atoms with Crippen LogP contribution in [0.5, 0.6) is 0 Å². The van der Waals surface area contributed by atoms with E-state index in [1.54, 1.807) is 0 Å². The molecule has 6 nitrogen and oxygen atoms in total. The lowest BCUT2D eigenvalue weighted by molar-refractivity contribution is -0.142. The van der Waals surface area contributed by atoms with Gasteiger partial charge in [0.05, 0.1) is 0 Å². The van der Waals surface area contributed by atoms with Gasteiger partial charge in [-0.3, -0.25) is 4.79 Å². The van der Waals surface area contributed by atoms with Crippen LogP contribution in [-0.4, -0.2) is 48.2 Å². The van der Waals surface area contributed by atoms with Crippen molar-refractivity contribution in [3.8, 4) is 0 Å². The lowest BCUT2D eigenvalue weighted by Crippen LogP contribution is -2.54. The minimum absolute atomic E-state index is 0.0120. The number of rotatable bonds is 6. The van der Waals surface area contributed by atoms with Gasteiger partial charge in [0.2, 0.25) is 5.91 Å². The van der Waals surface area contributed by atoms with E-state index in [-0.39, 0.29) is 11.7 Å². The molecule has 0 bridgehead atoms. The maximum Gasteiger partial charge on any atom is 0.236 e. The monoisotopic (exact) mass is 271 g/mol. The van der Waals surface area contributed by atoms with E-state index in [1.165, 1.54) is 0 Å². The largest absolute Gasteiger partial charge is 0.409 e. The Kier molecular flexibility index (Phi) is 6.08. The normalized spacial score (nSPS) is 19.2. The highest BCUT2D eigenvalue weighted by Crippen LogP contribution is 2.33. The SMILES string of the molecule is CCCN(CCC)C(=O)C1(C(N)=NO)CCOCC1. The molecular weight excluding hydrogens is 246 g/mol. The number of amidine groups is 1. The Balaban J connectivity index is 2.98. The average molecular weight is 271 g/mol. The summed E-state index contributed by atoms with van der Waals surface area (Å²) in [7, 11) is 0. The predicted octanol–water partition coefficient (Wildman–Crippen LogP) is 1.18. The summed E-state index contributed by atoms with van der Waals surface area (Å²) in [6.07, 6.45) is 2.75. The first-order valence-electron chi connectivity index (χ1n) is 6.97. The first-order valence-corrected chi connectivity index (χ1v) is 6.97. The highest BCUT2D eigenvalue weighted by molar-refractivity contribution is 6.06. The van der Waals surface area contributed by atoms with Crippen LogP contribution in [0, 0.1) is 5.41 Å². The average Bonchev–Trinajstić information content (AvgIpc) is 2.46. The van der Waals surface area contributed by atoms with Crippen molar-refractivity contribution >= 4 is 11.7 Å². The highest BCUT2D eigenvalue weighted by atomic mass is 16.5. The third-order valence-electron chi connectivity index (χ3n) is 3.63. The van der Waals surface area contributed by atoms with Crippen LogP contribution in [0.25, 0.3) is 0 Å². The van der Waals surface area contributed by atoms with Crippen LogP contribution in [-0.2, 0) is 9.53 Å². The quantitative estimate of drug-likeness (QED) is 0.328. The lowest BCUT2D eigenvalue weighted by Gasteiger charge is -2.38. The Hall–Kier alpha value is -1.30. The standard InChI is InChI=1S/C13H25N3O3/c1-3-7-16(8-4-2)12(17)13(11(14)15-18)5-9-19-10-6-13/h18H,3-10H2,1-2H3,(H2,14,15). The number of nitrogens with two attached hydrogens (primary N) is 1. The molecule has 3 N–H and O–H groups in total. The minimum atomic E-state index is -0.892. The maximum absolute atomic E-state index is 12.8. The van der Waals surface area contributed by atoms with Gasteiger partial charge in [-0.2, -0.15) is 0 Å². The van der Waals surface area contributed by atoms with E-state index in [9.17, 15) is 4.79 Å². The predicted molar refractivity (Wildman–Crippen MR) is 73.1 cm³/mol. The van der Waals surface area contributed by atoms with Crippen molar-refractivity contribution in [3.05, 3.63) is 0 Å². The van der Waals surface area contributed by atoms with Crippen LogP contribution in [0.1, 0.15) is 39.5 Å². The second kappa shape index (κ2) is 7.33. The molecule has 0 aromatic rings. The topological polar surface area (TPSA) is 88.2 Å². The van der Waals surface area contributed by atoms with Crippen molar-refractivity contribution in [2.45, 2.75) is 39.5 Å². The molecule has 0 atom stereocenters. The van der Waals surface area contributed by atoms with Gasteiger partial charge in [0.1, 0.15) is 5.41 Å². The third kappa shape index (κ3) is 3.37. The second-order valence-corrected chi connectivity index (χ2v) is 4.97. The van der Waals surface area contributed by atoms with Crippen molar-refractivity contribution < 1.29 is 14.7 Å². The van der Waals surface area contributed by atoms with Gasteiger partial charge in [-0.1, -0.05) is 19.0 Å². The van der Waals surface area contributed by atoms with Crippen molar-refractivity contribution in [3.63, 3.8) is 0 Å². The number of hydrogen-bond donors (Lipinski definition) is 2. The summed E-state index contributed by atoms with van der Waals surface area (Å²) < 4.78 is 5.31. The fourth-order valence-corrected chi connectivity index (χ4v) is 2.55. The number of carbonyl (C=O) groups excluding carboxylic acids is 1. The van der Waals surface area contributed by atoms with Crippen molar-refractivity contribution in [2.24, 2.45) is 16.3 Å². The van der Waals surface area contributed by atoms with Crippen molar-refractivity contribution in [1.29, 1.82) is 0 Å². The van der Waals surface area contributed by atoms with Crippen LogP contribution in [0.2, 0.25) is 0 Å². The summed E-state index contributed by atoms with van der Waals surface area (Å²) in [5.74, 6) is -0.0205. The molecule has 1 amide bonds. The lowest BCUT2D eigenvalue weighted by atomic mass is 9.77. The Morgan fingerprint density at radius 2 is 1.84 bits per heavy atom. The number of carbonyl (C=O) groups is 1. The number of hydrogen-bond acceptors (Lipinski definition) is 4. The summed E-state index contributed by atoms with van der Waals surface area (Å²) in [6.45, 7) is 6.41. The maximum atomic E-state index is 12.8. The van der Waals surface area contributed by atoms with Gasteiger partial charge < -0.3 is 20.6 Å². The van der Waals surface area contributed by atoms with Crippen molar-refractivity contribution in [1.82, 2.24) is 4.90 Å². The number of ether oxygens (including phenoxy) is 1. The number of nitrogens with zero attached hydrogens (tertiary/aromatic N) is 2. The summed E-state index contributed by atoms with van der Waals surface area (Å²) in [5.41, 5.74) is 4.92. The zero-order chi connectivity index (χ0) is 14.3. The van der Waals surface area contributed by atoms with E-state index in [0.717, 1.165) is 12.8 Å². The molecule has 1 heterocycles. The molecule has 0 unspecified atom stereocenters. The summed E-state index contributed by atoms with van der Waals surface area (Å²) in [4.78, 5) is 14.6. The van der Waals surface area contributed by atoms with Crippen LogP contribution < -0.4 is 5.73 Å². The summed E-state index contributed by atoms with van der Waals surface area (Å²) in [6, 6.07) is 0. The van der Waals surface area contributed by atoms with Gasteiger partial charge in [-0.25, -0.2) is 0 Å². The van der Waals surface area contributed by atoms with Gasteiger partial charge in [-0.05, 0) is 25.7 Å². The summed E-state index contributed by atoms with van der Waals surface area (Å²) in [5, 5.41) is 12.1. The van der Waals surface area contributed by atoms with Crippen molar-refractivity contribution in [2.75, 3.05) is 26.3 Å². The molecule has 0 saturated carbocycles. The molecule has 0 aliphatic carbocycles. The van der Waals surface area contributed by atoms with E-state index in [2.05, 4.69) is 5.16 Å². The first kappa shape index (κ1) is 15.8. The third-order valence-corrected chi connectivity index (χ3v) is 3.63. The molecule has 6 heteroatoms. The molecule has 19 heavy (non-hydrogen) atoms. The Morgan fingerprint density at radius 1 is 1.32 bits per heavy atom.